The summed E-state index contributed by atoms with van der Waals surface area (Å²) in [6, 6.07) is 16.1. The minimum Gasteiger partial charge on any atom is -0.497 e. The van der Waals surface area contributed by atoms with Crippen LogP contribution in [0.1, 0.15) is 30.5 Å². The van der Waals surface area contributed by atoms with Crippen LogP contribution in [0.3, 0.4) is 0 Å². The highest BCUT2D eigenvalue weighted by Crippen LogP contribution is 2.22. The van der Waals surface area contributed by atoms with Crippen molar-refractivity contribution in [2.45, 2.75) is 31.2 Å². The van der Waals surface area contributed by atoms with Crippen molar-refractivity contribution in [3.05, 3.63) is 59.7 Å². The second-order valence-corrected chi connectivity index (χ2v) is 6.45. The third kappa shape index (κ3) is 5.32. The molecule has 1 atom stereocenters. The minimum absolute atomic E-state index is 0.0539. The monoisotopic (exact) mass is 329 g/mol. The average molecular weight is 329 g/mol. The maximum Gasteiger partial charge on any atom is 0.230 e. The SMILES string of the molecule is CCC(NC(=O)CSc1ccc(OC)cc1)c1ccc(C)cc1. The lowest BCUT2D eigenvalue weighted by molar-refractivity contribution is -0.119. The zero-order valence-corrected chi connectivity index (χ0v) is 14.7. The van der Waals surface area contributed by atoms with Crippen molar-refractivity contribution >= 4 is 17.7 Å². The Morgan fingerprint density at radius 3 is 2.35 bits per heavy atom. The van der Waals surface area contributed by atoms with Gasteiger partial charge in [0.2, 0.25) is 5.91 Å². The average Bonchev–Trinajstić information content (AvgIpc) is 2.59. The first kappa shape index (κ1) is 17.4. The molecule has 0 bridgehead atoms. The lowest BCUT2D eigenvalue weighted by atomic mass is 10.0. The number of rotatable bonds is 7. The van der Waals surface area contributed by atoms with Gasteiger partial charge in [0.1, 0.15) is 5.75 Å². The van der Waals surface area contributed by atoms with E-state index in [0.717, 1.165) is 22.6 Å². The molecule has 0 heterocycles. The first-order valence-corrected chi connectivity index (χ1v) is 8.73. The molecule has 0 aliphatic heterocycles. The molecule has 0 aromatic heterocycles. The van der Waals surface area contributed by atoms with Gasteiger partial charge in [-0.3, -0.25) is 4.79 Å². The fourth-order valence-electron chi connectivity index (χ4n) is 2.28. The number of aryl methyl sites for hydroxylation is 1. The van der Waals surface area contributed by atoms with Crippen LogP contribution in [0.4, 0.5) is 0 Å². The van der Waals surface area contributed by atoms with Crippen LogP contribution >= 0.6 is 11.8 Å². The number of benzene rings is 2. The summed E-state index contributed by atoms with van der Waals surface area (Å²) in [5, 5.41) is 3.11. The van der Waals surface area contributed by atoms with E-state index in [0.29, 0.717) is 5.75 Å². The van der Waals surface area contributed by atoms with Gasteiger partial charge in [0.15, 0.2) is 0 Å². The van der Waals surface area contributed by atoms with Crippen molar-refractivity contribution in [3.8, 4) is 5.75 Å². The van der Waals surface area contributed by atoms with Gasteiger partial charge in [-0.05, 0) is 43.2 Å². The summed E-state index contributed by atoms with van der Waals surface area (Å²) in [5.41, 5.74) is 2.38. The lowest BCUT2D eigenvalue weighted by Crippen LogP contribution is -2.29. The quantitative estimate of drug-likeness (QED) is 0.767. The Bertz CT molecular complexity index is 623. The lowest BCUT2D eigenvalue weighted by Gasteiger charge is -2.17. The molecule has 0 saturated heterocycles. The fraction of sp³-hybridized carbons (Fsp3) is 0.316. The van der Waals surface area contributed by atoms with Gasteiger partial charge in [0.05, 0.1) is 18.9 Å². The number of carbonyl (C=O) groups excluding carboxylic acids is 1. The summed E-state index contributed by atoms with van der Waals surface area (Å²) >= 11 is 1.53. The summed E-state index contributed by atoms with van der Waals surface area (Å²) in [6.07, 6.45) is 0.877. The van der Waals surface area contributed by atoms with Crippen molar-refractivity contribution in [3.63, 3.8) is 0 Å². The predicted octanol–water partition coefficient (Wildman–Crippen LogP) is 4.36. The highest BCUT2D eigenvalue weighted by molar-refractivity contribution is 8.00. The van der Waals surface area contributed by atoms with Crippen LogP contribution < -0.4 is 10.1 Å². The van der Waals surface area contributed by atoms with E-state index in [-0.39, 0.29) is 11.9 Å². The van der Waals surface area contributed by atoms with Crippen LogP contribution in [-0.4, -0.2) is 18.8 Å². The molecule has 2 aromatic carbocycles. The van der Waals surface area contributed by atoms with E-state index in [9.17, 15) is 4.79 Å². The van der Waals surface area contributed by atoms with E-state index in [2.05, 4.69) is 43.4 Å². The molecule has 0 fully saturated rings. The Hall–Kier alpha value is -1.94. The zero-order valence-electron chi connectivity index (χ0n) is 13.8. The number of ether oxygens (including phenoxy) is 1. The van der Waals surface area contributed by atoms with Gasteiger partial charge < -0.3 is 10.1 Å². The van der Waals surface area contributed by atoms with Gasteiger partial charge in [0.25, 0.3) is 0 Å². The maximum absolute atomic E-state index is 12.2. The summed E-state index contributed by atoms with van der Waals surface area (Å²) in [7, 11) is 1.64. The number of amides is 1. The van der Waals surface area contributed by atoms with E-state index in [1.807, 2.05) is 24.3 Å². The van der Waals surface area contributed by atoms with E-state index in [1.54, 1.807) is 7.11 Å². The molecule has 2 aromatic rings. The van der Waals surface area contributed by atoms with Crippen molar-refractivity contribution in [1.82, 2.24) is 5.32 Å². The zero-order chi connectivity index (χ0) is 16.7. The fourth-order valence-corrected chi connectivity index (χ4v) is 2.99. The molecule has 23 heavy (non-hydrogen) atoms. The Balaban J connectivity index is 1.88. The largest absolute Gasteiger partial charge is 0.497 e. The van der Waals surface area contributed by atoms with E-state index in [4.69, 9.17) is 4.74 Å². The molecule has 0 spiro atoms. The number of hydrogen-bond donors (Lipinski definition) is 1. The molecule has 0 radical (unpaired) electrons. The molecule has 2 rings (SSSR count). The number of methoxy groups -OCH3 is 1. The molecule has 0 saturated carbocycles. The minimum atomic E-state index is 0.0539. The Labute approximate surface area is 142 Å². The first-order valence-electron chi connectivity index (χ1n) is 7.75. The Kier molecular flexibility index (Phi) is 6.53. The smallest absolute Gasteiger partial charge is 0.230 e. The third-order valence-corrected chi connectivity index (χ3v) is 4.66. The molecule has 1 unspecified atom stereocenters. The van der Waals surface area contributed by atoms with E-state index < -0.39 is 0 Å². The van der Waals surface area contributed by atoms with E-state index in [1.165, 1.54) is 17.3 Å². The highest BCUT2D eigenvalue weighted by Gasteiger charge is 2.12. The van der Waals surface area contributed by atoms with Gasteiger partial charge in [0, 0.05) is 4.90 Å². The Morgan fingerprint density at radius 1 is 1.13 bits per heavy atom. The van der Waals surface area contributed by atoms with Gasteiger partial charge >= 0.3 is 0 Å². The molecular formula is C19H23NO2S. The van der Waals surface area contributed by atoms with Crippen LogP contribution in [-0.2, 0) is 4.79 Å². The number of thioether (sulfide) groups is 1. The number of nitrogens with one attached hydrogen (secondary N) is 1. The molecule has 1 N–H and O–H groups in total. The van der Waals surface area contributed by atoms with Crippen LogP contribution in [0.5, 0.6) is 5.75 Å². The topological polar surface area (TPSA) is 38.3 Å². The van der Waals surface area contributed by atoms with Gasteiger partial charge in [-0.2, -0.15) is 0 Å². The number of carbonyl (C=O) groups is 1. The summed E-state index contributed by atoms with van der Waals surface area (Å²) < 4.78 is 5.13. The highest BCUT2D eigenvalue weighted by atomic mass is 32.2. The predicted molar refractivity (Wildman–Crippen MR) is 96.1 cm³/mol. The second kappa shape index (κ2) is 8.63. The van der Waals surface area contributed by atoms with Crippen molar-refractivity contribution in [1.29, 1.82) is 0 Å². The molecule has 122 valence electrons. The van der Waals surface area contributed by atoms with Crippen molar-refractivity contribution in [2.24, 2.45) is 0 Å². The van der Waals surface area contributed by atoms with Crippen molar-refractivity contribution < 1.29 is 9.53 Å². The Morgan fingerprint density at radius 2 is 1.78 bits per heavy atom. The first-order chi connectivity index (χ1) is 11.1. The third-order valence-electron chi connectivity index (χ3n) is 3.65. The van der Waals surface area contributed by atoms with Crippen LogP contribution in [0, 0.1) is 6.92 Å². The summed E-state index contributed by atoms with van der Waals surface area (Å²) in [5.74, 6) is 1.29. The van der Waals surface area contributed by atoms with Gasteiger partial charge in [-0.15, -0.1) is 11.8 Å². The normalized spacial score (nSPS) is 11.8. The number of hydrogen-bond acceptors (Lipinski definition) is 3. The standard InChI is InChI=1S/C19H23NO2S/c1-4-18(15-7-5-14(2)6-8-15)20-19(21)13-23-17-11-9-16(22-3)10-12-17/h5-12,18H,4,13H2,1-3H3,(H,20,21). The molecule has 3 nitrogen and oxygen atoms in total. The van der Waals surface area contributed by atoms with Gasteiger partial charge in [-0.25, -0.2) is 0 Å². The van der Waals surface area contributed by atoms with Crippen LogP contribution in [0.2, 0.25) is 0 Å². The van der Waals surface area contributed by atoms with E-state index >= 15 is 0 Å². The maximum atomic E-state index is 12.2. The molecule has 0 aliphatic carbocycles. The molecule has 4 heteroatoms. The van der Waals surface area contributed by atoms with Gasteiger partial charge in [-0.1, -0.05) is 36.8 Å². The molecular weight excluding hydrogens is 306 g/mol. The summed E-state index contributed by atoms with van der Waals surface area (Å²) in [6.45, 7) is 4.15. The second-order valence-electron chi connectivity index (χ2n) is 5.40. The van der Waals surface area contributed by atoms with Crippen LogP contribution in [0.25, 0.3) is 0 Å². The summed E-state index contributed by atoms with van der Waals surface area (Å²) in [4.78, 5) is 13.3. The van der Waals surface area contributed by atoms with Crippen molar-refractivity contribution in [2.75, 3.05) is 12.9 Å². The van der Waals surface area contributed by atoms with Crippen LogP contribution in [0.15, 0.2) is 53.4 Å². The molecule has 1 amide bonds. The molecule has 0 aliphatic rings.